The molecule has 0 amide bonds. The van der Waals surface area contributed by atoms with Crippen molar-refractivity contribution < 1.29 is 5.11 Å². The number of fused-ring (bicyclic) bond motifs is 1. The Morgan fingerprint density at radius 2 is 2.06 bits per heavy atom. The maximum absolute atomic E-state index is 9.89. The fourth-order valence-corrected chi connectivity index (χ4v) is 2.48. The van der Waals surface area contributed by atoms with E-state index in [1.54, 1.807) is 6.33 Å². The Morgan fingerprint density at radius 1 is 1.38 bits per heavy atom. The van der Waals surface area contributed by atoms with Crippen molar-refractivity contribution in [1.82, 2.24) is 9.97 Å². The van der Waals surface area contributed by atoms with Gasteiger partial charge < -0.3 is 10.0 Å². The van der Waals surface area contributed by atoms with Crippen molar-refractivity contribution >= 4 is 5.82 Å². The van der Waals surface area contributed by atoms with Gasteiger partial charge in [-0.25, -0.2) is 9.97 Å². The highest BCUT2D eigenvalue weighted by molar-refractivity contribution is 5.53. The molecule has 1 aromatic rings. The summed E-state index contributed by atoms with van der Waals surface area (Å²) in [5.74, 6) is 1.35. The molecule has 0 radical (unpaired) electrons. The van der Waals surface area contributed by atoms with Crippen LogP contribution in [0.15, 0.2) is 6.33 Å². The number of anilines is 1. The lowest BCUT2D eigenvalue weighted by atomic mass is 10.1. The van der Waals surface area contributed by atoms with Crippen LogP contribution in [-0.4, -0.2) is 28.2 Å². The molecule has 0 fully saturated rings. The average Bonchev–Trinajstić information content (AvgIpc) is 2.57. The molecule has 0 unspecified atom stereocenters. The second-order valence-corrected chi connectivity index (χ2v) is 4.32. The third kappa shape index (κ3) is 1.67. The quantitative estimate of drug-likeness (QED) is 0.846. The van der Waals surface area contributed by atoms with Crippen molar-refractivity contribution in [2.45, 2.75) is 39.2 Å². The molecule has 1 aliphatic carbocycles. The first kappa shape index (κ1) is 11.3. The van der Waals surface area contributed by atoms with Crippen molar-refractivity contribution in [3.63, 3.8) is 0 Å². The Hall–Kier alpha value is -1.16. The van der Waals surface area contributed by atoms with Crippen LogP contribution in [0.2, 0.25) is 0 Å². The molecule has 1 N–H and O–H groups in total. The standard InChI is InChI=1S/C12H19N3O/c1-4-15(5-2)12-10-8(3)6-9(16)11(10)13-7-14-12/h7-9,16H,4-6H2,1-3H3/t8-,9+/m1/s1. The Bertz CT molecular complexity index is 377. The molecule has 1 aromatic heterocycles. The number of aliphatic hydroxyl groups is 1. The predicted molar refractivity (Wildman–Crippen MR) is 63.6 cm³/mol. The number of hydrogen-bond donors (Lipinski definition) is 1. The molecular formula is C12H19N3O. The normalized spacial score (nSPS) is 23.2. The van der Waals surface area contributed by atoms with Gasteiger partial charge in [0.1, 0.15) is 12.1 Å². The monoisotopic (exact) mass is 221 g/mol. The van der Waals surface area contributed by atoms with E-state index in [1.807, 2.05) is 0 Å². The van der Waals surface area contributed by atoms with Gasteiger partial charge >= 0.3 is 0 Å². The molecule has 0 saturated carbocycles. The third-order valence-electron chi connectivity index (χ3n) is 3.34. The molecule has 0 aliphatic heterocycles. The summed E-state index contributed by atoms with van der Waals surface area (Å²) < 4.78 is 0. The smallest absolute Gasteiger partial charge is 0.135 e. The topological polar surface area (TPSA) is 49.2 Å². The van der Waals surface area contributed by atoms with Crippen LogP contribution in [0.5, 0.6) is 0 Å². The summed E-state index contributed by atoms with van der Waals surface area (Å²) in [7, 11) is 0. The molecule has 0 saturated heterocycles. The zero-order valence-corrected chi connectivity index (χ0v) is 10.1. The largest absolute Gasteiger partial charge is 0.387 e. The fraction of sp³-hybridized carbons (Fsp3) is 0.667. The number of rotatable bonds is 3. The molecule has 2 atom stereocenters. The van der Waals surface area contributed by atoms with Crippen molar-refractivity contribution in [1.29, 1.82) is 0 Å². The van der Waals surface area contributed by atoms with Gasteiger partial charge in [0.05, 0.1) is 11.8 Å². The molecule has 1 aliphatic rings. The lowest BCUT2D eigenvalue weighted by molar-refractivity contribution is 0.170. The summed E-state index contributed by atoms with van der Waals surface area (Å²) in [4.78, 5) is 10.8. The third-order valence-corrected chi connectivity index (χ3v) is 3.34. The van der Waals surface area contributed by atoms with E-state index in [1.165, 1.54) is 0 Å². The van der Waals surface area contributed by atoms with Gasteiger partial charge in [0, 0.05) is 18.7 Å². The number of hydrogen-bond acceptors (Lipinski definition) is 4. The minimum Gasteiger partial charge on any atom is -0.387 e. The molecule has 4 nitrogen and oxygen atoms in total. The summed E-state index contributed by atoms with van der Waals surface area (Å²) in [6.07, 6.45) is 1.91. The molecule has 1 heterocycles. The van der Waals surface area contributed by atoms with Crippen LogP contribution in [0.1, 0.15) is 50.5 Å². The van der Waals surface area contributed by atoms with Gasteiger partial charge in [0.25, 0.3) is 0 Å². The molecule has 16 heavy (non-hydrogen) atoms. The van der Waals surface area contributed by atoms with Crippen molar-refractivity contribution in [2.24, 2.45) is 0 Å². The predicted octanol–water partition coefficient (Wildman–Crippen LogP) is 1.86. The Balaban J connectivity index is 2.48. The van der Waals surface area contributed by atoms with Crippen molar-refractivity contribution in [3.8, 4) is 0 Å². The van der Waals surface area contributed by atoms with Gasteiger partial charge in [0.2, 0.25) is 0 Å². The highest BCUT2D eigenvalue weighted by atomic mass is 16.3. The first-order valence-corrected chi connectivity index (χ1v) is 5.96. The number of nitrogens with zero attached hydrogens (tertiary/aromatic N) is 3. The van der Waals surface area contributed by atoms with E-state index in [4.69, 9.17) is 0 Å². The molecule has 0 aromatic carbocycles. The maximum Gasteiger partial charge on any atom is 0.135 e. The van der Waals surface area contributed by atoms with E-state index in [2.05, 4.69) is 35.6 Å². The lowest BCUT2D eigenvalue weighted by Crippen LogP contribution is -2.25. The molecule has 0 spiro atoms. The van der Waals surface area contributed by atoms with E-state index in [-0.39, 0.29) is 0 Å². The lowest BCUT2D eigenvalue weighted by Gasteiger charge is -2.23. The van der Waals surface area contributed by atoms with Crippen LogP contribution >= 0.6 is 0 Å². The van der Waals surface area contributed by atoms with Crippen LogP contribution in [0.3, 0.4) is 0 Å². The van der Waals surface area contributed by atoms with Crippen LogP contribution in [-0.2, 0) is 0 Å². The fourth-order valence-electron chi connectivity index (χ4n) is 2.48. The van der Waals surface area contributed by atoms with Gasteiger partial charge in [-0.15, -0.1) is 0 Å². The van der Waals surface area contributed by atoms with E-state index >= 15 is 0 Å². The molecule has 2 rings (SSSR count). The summed E-state index contributed by atoms with van der Waals surface area (Å²) in [6.45, 7) is 8.24. The maximum atomic E-state index is 9.89. The zero-order valence-electron chi connectivity index (χ0n) is 10.1. The summed E-state index contributed by atoms with van der Waals surface area (Å²) >= 11 is 0. The first-order chi connectivity index (χ1) is 7.69. The van der Waals surface area contributed by atoms with E-state index in [0.29, 0.717) is 5.92 Å². The van der Waals surface area contributed by atoms with Crippen LogP contribution < -0.4 is 4.90 Å². The van der Waals surface area contributed by atoms with Crippen molar-refractivity contribution in [3.05, 3.63) is 17.6 Å². The number of aliphatic hydroxyl groups excluding tert-OH is 1. The van der Waals surface area contributed by atoms with E-state index < -0.39 is 6.10 Å². The highest BCUT2D eigenvalue weighted by Crippen LogP contribution is 2.42. The zero-order chi connectivity index (χ0) is 11.7. The van der Waals surface area contributed by atoms with Gasteiger partial charge in [0.15, 0.2) is 0 Å². The van der Waals surface area contributed by atoms with E-state index in [0.717, 1.165) is 36.6 Å². The Kier molecular flexibility index (Phi) is 3.10. The summed E-state index contributed by atoms with van der Waals surface area (Å²) in [5, 5.41) is 9.89. The first-order valence-electron chi connectivity index (χ1n) is 5.96. The summed E-state index contributed by atoms with van der Waals surface area (Å²) in [6, 6.07) is 0. The molecule has 4 heteroatoms. The van der Waals surface area contributed by atoms with E-state index in [9.17, 15) is 5.11 Å². The average molecular weight is 221 g/mol. The van der Waals surface area contributed by atoms with Crippen molar-refractivity contribution in [2.75, 3.05) is 18.0 Å². The second-order valence-electron chi connectivity index (χ2n) is 4.32. The minimum atomic E-state index is -0.415. The van der Waals surface area contributed by atoms with Crippen LogP contribution in [0, 0.1) is 0 Å². The molecule has 0 bridgehead atoms. The molecule has 88 valence electrons. The SMILES string of the molecule is CCN(CC)c1ncnc2c1[C@H](C)C[C@@H]2O. The van der Waals surface area contributed by atoms with Gasteiger partial charge in [-0.05, 0) is 26.2 Å². The Morgan fingerprint density at radius 3 is 2.69 bits per heavy atom. The van der Waals surface area contributed by atoms with Gasteiger partial charge in [-0.2, -0.15) is 0 Å². The number of aromatic nitrogens is 2. The molecular weight excluding hydrogens is 202 g/mol. The minimum absolute atomic E-state index is 0.349. The van der Waals surface area contributed by atoms with Gasteiger partial charge in [-0.1, -0.05) is 6.92 Å². The van der Waals surface area contributed by atoms with Gasteiger partial charge in [-0.3, -0.25) is 0 Å². The van der Waals surface area contributed by atoms with Crippen LogP contribution in [0.25, 0.3) is 0 Å². The second kappa shape index (κ2) is 4.37. The summed E-state index contributed by atoms with van der Waals surface area (Å²) in [5.41, 5.74) is 1.96. The Labute approximate surface area is 96.3 Å². The highest BCUT2D eigenvalue weighted by Gasteiger charge is 2.32. The van der Waals surface area contributed by atoms with Crippen LogP contribution in [0.4, 0.5) is 5.82 Å².